The van der Waals surface area contributed by atoms with Gasteiger partial charge in [-0.2, -0.15) is 0 Å². The second kappa shape index (κ2) is 31.4. The van der Waals surface area contributed by atoms with E-state index in [1.54, 1.807) is 14.1 Å². The summed E-state index contributed by atoms with van der Waals surface area (Å²) in [6.45, 7) is 15.1. The average Bonchev–Trinajstić information content (AvgIpc) is 3.64. The third-order valence-electron chi connectivity index (χ3n) is 7.03. The van der Waals surface area contributed by atoms with E-state index in [1.807, 2.05) is 58.3 Å². The molecule has 0 saturated heterocycles. The minimum absolute atomic E-state index is 0.153. The van der Waals surface area contributed by atoms with Crippen molar-refractivity contribution in [2.75, 3.05) is 47.8 Å². The Hall–Kier alpha value is -5.30. The maximum atomic E-state index is 12.2. The van der Waals surface area contributed by atoms with E-state index in [2.05, 4.69) is 100 Å². The summed E-state index contributed by atoms with van der Waals surface area (Å²) in [7, 11) is 7.22. The van der Waals surface area contributed by atoms with Crippen LogP contribution in [0.25, 0.3) is 28.1 Å². The van der Waals surface area contributed by atoms with Crippen molar-refractivity contribution in [2.45, 2.75) is 73.8 Å². The first kappa shape index (κ1) is 49.8. The normalized spacial score (nSPS) is 10.2. The number of aldehydes is 1. The Balaban J connectivity index is 0. The third kappa shape index (κ3) is 21.6. The number of amides is 4. The second-order valence-electron chi connectivity index (χ2n) is 11.4. The van der Waals surface area contributed by atoms with Gasteiger partial charge in [0, 0.05) is 53.3 Å². The summed E-state index contributed by atoms with van der Waals surface area (Å²) in [5.41, 5.74) is 15.3. The third-order valence-corrected chi connectivity index (χ3v) is 7.03. The van der Waals surface area contributed by atoms with Crippen LogP contribution in [0.2, 0.25) is 0 Å². The van der Waals surface area contributed by atoms with Crippen LogP contribution < -0.4 is 16.8 Å². The first-order valence-corrected chi connectivity index (χ1v) is 18.1. The first-order chi connectivity index (χ1) is 25.5. The minimum atomic E-state index is -0.407. The molecular formula is C40H65N9O4. The summed E-state index contributed by atoms with van der Waals surface area (Å²) in [5.74, 6) is 0.959. The number of H-pyrrole nitrogens is 1. The molecule has 0 unspecified atom stereocenters. The van der Waals surface area contributed by atoms with E-state index in [0.29, 0.717) is 19.4 Å². The maximum Gasteiger partial charge on any atom is 0.314 e. The molecule has 6 N–H and O–H groups in total. The number of benzene rings is 2. The summed E-state index contributed by atoms with van der Waals surface area (Å²) >= 11 is 0. The van der Waals surface area contributed by atoms with Gasteiger partial charge in [0.25, 0.3) is 0 Å². The van der Waals surface area contributed by atoms with Crippen molar-refractivity contribution in [3.8, 4) is 22.4 Å². The van der Waals surface area contributed by atoms with Gasteiger partial charge in [-0.05, 0) is 48.7 Å². The lowest BCUT2D eigenvalue weighted by atomic mass is 10.0. The maximum absolute atomic E-state index is 12.2. The van der Waals surface area contributed by atoms with Gasteiger partial charge in [-0.1, -0.05) is 90.1 Å². The van der Waals surface area contributed by atoms with Gasteiger partial charge < -0.3 is 41.3 Å². The number of hydrogen-bond acceptors (Lipinski definition) is 8. The van der Waals surface area contributed by atoms with Crippen LogP contribution in [0.5, 0.6) is 0 Å². The monoisotopic (exact) mass is 736 g/mol. The summed E-state index contributed by atoms with van der Waals surface area (Å²) < 4.78 is 0. The molecule has 0 radical (unpaired) electrons. The largest absolute Gasteiger partial charge is 0.386 e. The Morgan fingerprint density at radius 3 is 1.81 bits per heavy atom. The van der Waals surface area contributed by atoms with E-state index in [1.165, 1.54) is 4.90 Å². The molecule has 0 aliphatic carbocycles. The molecule has 53 heavy (non-hydrogen) atoms. The molecule has 1 heterocycles. The van der Waals surface area contributed by atoms with Crippen LogP contribution >= 0.6 is 0 Å². The minimum Gasteiger partial charge on any atom is -0.386 e. The predicted molar refractivity (Wildman–Crippen MR) is 220 cm³/mol. The number of aromatic amines is 1. The molecule has 2 aromatic carbocycles. The Morgan fingerprint density at radius 2 is 1.38 bits per heavy atom. The average molecular weight is 736 g/mol. The van der Waals surface area contributed by atoms with Gasteiger partial charge in [0.2, 0.25) is 12.3 Å². The molecule has 13 nitrogen and oxygen atoms in total. The molecule has 13 heteroatoms. The number of nitrogens with one attached hydrogen (secondary N) is 2. The van der Waals surface area contributed by atoms with Crippen molar-refractivity contribution in [1.82, 2.24) is 30.0 Å². The molecule has 0 aliphatic heterocycles. The molecular weight excluding hydrogens is 670 g/mol. The van der Waals surface area contributed by atoms with E-state index < -0.39 is 6.03 Å². The Morgan fingerprint density at radius 1 is 0.887 bits per heavy atom. The van der Waals surface area contributed by atoms with Crippen molar-refractivity contribution >= 4 is 36.5 Å². The van der Waals surface area contributed by atoms with Crippen molar-refractivity contribution in [1.29, 1.82) is 0 Å². The number of aromatic nitrogens is 2. The second-order valence-corrected chi connectivity index (χ2v) is 11.4. The fraction of sp³-hybridized carbons (Fsp3) is 0.450. The standard InChI is InChI=1S/C31H42N6O.C3H8N2O.C3H6O.C2H6.CH3NO/c1-6-18-36(5)20-17-33-21-28(32-4)26-13-9-24(10-14-26)25-11-15-27(16-12-25)29-22-34-30(35-29)23-37(19-7-2)31(38)8-3;1-5(2)3(4)6;1-2-3-4;1-2;2-1-3/h9-17,21-22,32H,6-8,18-20,23H2,1-5H3,(H,34,35);1-2H3,(H2,4,6);3H,2H2,1H3;1-2H3;1H,(H2,2,3)/b28-21-,33-17?;;;;. The number of primary amides is 2. The van der Waals surface area contributed by atoms with Crippen molar-refractivity contribution in [2.24, 2.45) is 16.5 Å². The van der Waals surface area contributed by atoms with Gasteiger partial charge >= 0.3 is 6.03 Å². The highest BCUT2D eigenvalue weighted by Crippen LogP contribution is 2.25. The lowest BCUT2D eigenvalue weighted by Gasteiger charge is -2.20. The number of nitrogens with two attached hydrogens (primary N) is 2. The first-order valence-electron chi connectivity index (χ1n) is 18.1. The zero-order valence-corrected chi connectivity index (χ0v) is 33.7. The fourth-order valence-corrected chi connectivity index (χ4v) is 4.31. The van der Waals surface area contributed by atoms with E-state index in [-0.39, 0.29) is 12.3 Å². The molecule has 0 aliphatic rings. The number of aliphatic imine (C=N–C) groups is 1. The number of rotatable bonds is 15. The van der Waals surface area contributed by atoms with Crippen molar-refractivity contribution in [3.63, 3.8) is 0 Å². The highest BCUT2D eigenvalue weighted by Gasteiger charge is 2.13. The molecule has 0 fully saturated rings. The van der Waals surface area contributed by atoms with Crippen molar-refractivity contribution < 1.29 is 19.2 Å². The Bertz CT molecular complexity index is 1470. The van der Waals surface area contributed by atoms with E-state index in [9.17, 15) is 14.4 Å². The molecule has 3 aromatic rings. The fourth-order valence-electron chi connectivity index (χ4n) is 4.31. The zero-order valence-electron chi connectivity index (χ0n) is 33.7. The van der Waals surface area contributed by atoms with Gasteiger partial charge in [0.15, 0.2) is 0 Å². The quantitative estimate of drug-likeness (QED) is 0.106. The topological polar surface area (TPSA) is 183 Å². The lowest BCUT2D eigenvalue weighted by Crippen LogP contribution is -2.31. The van der Waals surface area contributed by atoms with E-state index in [0.717, 1.165) is 78.2 Å². The van der Waals surface area contributed by atoms with E-state index >= 15 is 0 Å². The van der Waals surface area contributed by atoms with Crippen LogP contribution in [0.3, 0.4) is 0 Å². The van der Waals surface area contributed by atoms with E-state index in [4.69, 9.17) is 10.5 Å². The SMILES string of the molecule is CC.CCC=O.CCCN(C)CC=N/C=C(\NC)c1ccc(-c2ccc(-c3cnc(CN(CCC)C(=O)CC)[nH]3)cc2)cc1.CN(C)C(N)=O.NC=O. The highest BCUT2D eigenvalue weighted by atomic mass is 16.2. The van der Waals surface area contributed by atoms with Gasteiger partial charge in [0.1, 0.15) is 12.1 Å². The Labute approximate surface area is 317 Å². The summed E-state index contributed by atoms with van der Waals surface area (Å²) in [4.78, 5) is 57.6. The summed E-state index contributed by atoms with van der Waals surface area (Å²) in [6.07, 6.45) is 10.0. The Kier molecular flexibility index (Phi) is 29.5. The number of carbonyl (C=O) groups is 4. The molecule has 0 atom stereocenters. The zero-order chi connectivity index (χ0) is 40.6. The van der Waals surface area contributed by atoms with Gasteiger partial charge in [-0.3, -0.25) is 14.6 Å². The van der Waals surface area contributed by atoms with Crippen LogP contribution in [0, 0.1) is 0 Å². The summed E-state index contributed by atoms with van der Waals surface area (Å²) in [6, 6.07) is 16.5. The molecule has 0 bridgehead atoms. The molecule has 1 aromatic heterocycles. The van der Waals surface area contributed by atoms with Crippen LogP contribution in [-0.4, -0.2) is 103 Å². The van der Waals surface area contributed by atoms with Gasteiger partial charge in [-0.25, -0.2) is 9.78 Å². The number of nitrogens with zero attached hydrogens (tertiary/aromatic N) is 5. The summed E-state index contributed by atoms with van der Waals surface area (Å²) in [5, 5.41) is 3.25. The number of urea groups is 1. The molecule has 4 amide bonds. The van der Waals surface area contributed by atoms with Crippen LogP contribution in [0.4, 0.5) is 4.79 Å². The van der Waals surface area contributed by atoms with Crippen LogP contribution in [0.1, 0.15) is 78.6 Å². The van der Waals surface area contributed by atoms with Gasteiger partial charge in [-0.15, -0.1) is 0 Å². The number of carbonyl (C=O) groups excluding carboxylic acids is 4. The molecule has 3 rings (SSSR count). The number of imidazole rings is 1. The van der Waals surface area contributed by atoms with Gasteiger partial charge in [0.05, 0.1) is 30.3 Å². The van der Waals surface area contributed by atoms with Crippen molar-refractivity contribution in [3.05, 3.63) is 72.3 Å². The highest BCUT2D eigenvalue weighted by molar-refractivity contribution is 5.76. The predicted octanol–water partition coefficient (Wildman–Crippen LogP) is 6.17. The molecule has 0 spiro atoms. The lowest BCUT2D eigenvalue weighted by molar-refractivity contribution is -0.131. The molecule has 0 saturated carbocycles. The van der Waals surface area contributed by atoms with Crippen LogP contribution in [-0.2, 0) is 20.9 Å². The number of hydrogen-bond donors (Lipinski definition) is 4. The smallest absolute Gasteiger partial charge is 0.314 e. The molecule has 294 valence electrons. The van der Waals surface area contributed by atoms with Crippen LogP contribution in [0.15, 0.2) is 65.9 Å².